The number of rotatable bonds is 4. The summed E-state index contributed by atoms with van der Waals surface area (Å²) >= 11 is 0. The highest BCUT2D eigenvalue weighted by Crippen LogP contribution is 1.84. The lowest BCUT2D eigenvalue weighted by Crippen LogP contribution is -2.34. The van der Waals surface area contributed by atoms with E-state index in [-0.39, 0.29) is 6.04 Å². The lowest BCUT2D eigenvalue weighted by molar-refractivity contribution is 0.180. The third-order valence-corrected chi connectivity index (χ3v) is 1.66. The predicted molar refractivity (Wildman–Crippen MR) is 39.3 cm³/mol. The van der Waals surface area contributed by atoms with Crippen molar-refractivity contribution in [2.75, 3.05) is 20.0 Å². The maximum Gasteiger partial charge on any atom is 0.209 e. The molecule has 0 saturated carbocycles. The highest BCUT2D eigenvalue weighted by Gasteiger charge is 2.06. The summed E-state index contributed by atoms with van der Waals surface area (Å²) < 4.78 is 28.2. The second-order valence-corrected chi connectivity index (χ2v) is 4.03. The van der Waals surface area contributed by atoms with E-state index in [1.165, 1.54) is 7.11 Å². The molecule has 0 aliphatic heterocycles. The standard InChI is InChI=1S/C5H13NO3S/c1-5(4-9-2)6-10(3,7)8/h5-6H,4H2,1-3H3. The number of hydrogen-bond donors (Lipinski definition) is 1. The van der Waals surface area contributed by atoms with Gasteiger partial charge in [0.05, 0.1) is 12.9 Å². The molecular formula is C5H13NO3S. The summed E-state index contributed by atoms with van der Waals surface area (Å²) in [6, 6.07) is -0.153. The molecule has 0 heterocycles. The van der Waals surface area contributed by atoms with Gasteiger partial charge in [0.25, 0.3) is 0 Å². The van der Waals surface area contributed by atoms with Crippen LogP contribution in [0, 0.1) is 0 Å². The van der Waals surface area contributed by atoms with E-state index in [0.29, 0.717) is 6.61 Å². The van der Waals surface area contributed by atoms with Gasteiger partial charge in [-0.2, -0.15) is 0 Å². The Morgan fingerprint density at radius 2 is 2.10 bits per heavy atom. The van der Waals surface area contributed by atoms with Crippen LogP contribution in [-0.2, 0) is 14.8 Å². The lowest BCUT2D eigenvalue weighted by atomic mass is 10.4. The fourth-order valence-corrected chi connectivity index (χ4v) is 1.45. The summed E-state index contributed by atoms with van der Waals surface area (Å²) in [5.41, 5.74) is 0. The van der Waals surface area contributed by atoms with Gasteiger partial charge in [-0.05, 0) is 6.92 Å². The molecule has 5 heteroatoms. The van der Waals surface area contributed by atoms with E-state index in [0.717, 1.165) is 6.26 Å². The van der Waals surface area contributed by atoms with Crippen molar-refractivity contribution < 1.29 is 13.2 Å². The summed E-state index contributed by atoms with van der Waals surface area (Å²) in [4.78, 5) is 0. The summed E-state index contributed by atoms with van der Waals surface area (Å²) in [6.45, 7) is 2.14. The summed E-state index contributed by atoms with van der Waals surface area (Å²) in [7, 11) is -1.55. The first-order chi connectivity index (χ1) is 4.45. The quantitative estimate of drug-likeness (QED) is 0.618. The van der Waals surface area contributed by atoms with E-state index in [4.69, 9.17) is 4.74 Å². The Kier molecular flexibility index (Phi) is 3.85. The Hall–Kier alpha value is -0.130. The van der Waals surface area contributed by atoms with Crippen molar-refractivity contribution in [3.8, 4) is 0 Å². The highest BCUT2D eigenvalue weighted by atomic mass is 32.2. The van der Waals surface area contributed by atoms with Crippen LogP contribution < -0.4 is 4.72 Å². The molecule has 62 valence electrons. The van der Waals surface area contributed by atoms with Gasteiger partial charge in [-0.1, -0.05) is 0 Å². The van der Waals surface area contributed by atoms with Gasteiger partial charge in [-0.25, -0.2) is 13.1 Å². The minimum absolute atomic E-state index is 0.153. The van der Waals surface area contributed by atoms with Gasteiger partial charge in [0.1, 0.15) is 0 Å². The monoisotopic (exact) mass is 167 g/mol. The van der Waals surface area contributed by atoms with Crippen LogP contribution in [0.3, 0.4) is 0 Å². The normalized spacial score (nSPS) is 15.1. The second-order valence-electron chi connectivity index (χ2n) is 2.25. The van der Waals surface area contributed by atoms with Crippen LogP contribution >= 0.6 is 0 Å². The molecule has 0 aromatic heterocycles. The van der Waals surface area contributed by atoms with Crippen LogP contribution in [-0.4, -0.2) is 34.4 Å². The van der Waals surface area contributed by atoms with Crippen LogP contribution in [0.4, 0.5) is 0 Å². The Balaban J connectivity index is 3.69. The van der Waals surface area contributed by atoms with Crippen LogP contribution in [0.1, 0.15) is 6.92 Å². The van der Waals surface area contributed by atoms with E-state index in [1.807, 2.05) is 0 Å². The molecule has 1 atom stereocenters. The number of sulfonamides is 1. The third-order valence-electron chi connectivity index (χ3n) is 0.832. The Bertz CT molecular complexity index is 175. The van der Waals surface area contributed by atoms with Gasteiger partial charge in [0.15, 0.2) is 0 Å². The Morgan fingerprint density at radius 3 is 2.40 bits per heavy atom. The molecule has 0 amide bonds. The minimum Gasteiger partial charge on any atom is -0.383 e. The molecule has 1 unspecified atom stereocenters. The predicted octanol–water partition coefficient (Wildman–Crippen LogP) is -0.429. The molecule has 1 N–H and O–H groups in total. The molecule has 0 radical (unpaired) electrons. The number of nitrogens with one attached hydrogen (secondary N) is 1. The van der Waals surface area contributed by atoms with E-state index in [9.17, 15) is 8.42 Å². The van der Waals surface area contributed by atoms with Crippen molar-refractivity contribution in [2.24, 2.45) is 0 Å². The van der Waals surface area contributed by atoms with Gasteiger partial charge >= 0.3 is 0 Å². The van der Waals surface area contributed by atoms with Gasteiger partial charge in [-0.3, -0.25) is 0 Å². The average molecular weight is 167 g/mol. The van der Waals surface area contributed by atoms with Gasteiger partial charge < -0.3 is 4.74 Å². The van der Waals surface area contributed by atoms with Crippen LogP contribution in [0.2, 0.25) is 0 Å². The largest absolute Gasteiger partial charge is 0.383 e. The first-order valence-corrected chi connectivity index (χ1v) is 4.81. The average Bonchev–Trinajstić information content (AvgIpc) is 1.59. The molecule has 10 heavy (non-hydrogen) atoms. The third kappa shape index (κ3) is 6.00. The van der Waals surface area contributed by atoms with Crippen LogP contribution in [0.5, 0.6) is 0 Å². The van der Waals surface area contributed by atoms with Crippen molar-refractivity contribution >= 4 is 10.0 Å². The van der Waals surface area contributed by atoms with Crippen molar-refractivity contribution in [1.29, 1.82) is 0 Å². The zero-order valence-corrected chi connectivity index (χ0v) is 7.23. The van der Waals surface area contributed by atoms with E-state index >= 15 is 0 Å². The Labute approximate surface area is 61.6 Å². The topological polar surface area (TPSA) is 55.4 Å². The maximum atomic E-state index is 10.5. The molecule has 0 aromatic carbocycles. The molecule has 0 aromatic rings. The Morgan fingerprint density at radius 1 is 1.60 bits per heavy atom. The van der Waals surface area contributed by atoms with Crippen LogP contribution in [0.25, 0.3) is 0 Å². The summed E-state index contributed by atoms with van der Waals surface area (Å²) in [6.07, 6.45) is 1.12. The smallest absolute Gasteiger partial charge is 0.209 e. The fraction of sp³-hybridized carbons (Fsp3) is 1.00. The van der Waals surface area contributed by atoms with Gasteiger partial charge in [0.2, 0.25) is 10.0 Å². The van der Waals surface area contributed by atoms with E-state index in [2.05, 4.69) is 4.72 Å². The van der Waals surface area contributed by atoms with Gasteiger partial charge in [0, 0.05) is 13.2 Å². The zero-order chi connectivity index (χ0) is 8.20. The van der Waals surface area contributed by atoms with Gasteiger partial charge in [-0.15, -0.1) is 0 Å². The van der Waals surface area contributed by atoms with Crippen LogP contribution in [0.15, 0.2) is 0 Å². The van der Waals surface area contributed by atoms with E-state index < -0.39 is 10.0 Å². The molecule has 0 bridgehead atoms. The maximum absolute atomic E-state index is 10.5. The molecule has 4 nitrogen and oxygen atoms in total. The molecule has 0 fully saturated rings. The number of methoxy groups -OCH3 is 1. The first kappa shape index (κ1) is 9.87. The van der Waals surface area contributed by atoms with Crippen molar-refractivity contribution in [1.82, 2.24) is 4.72 Å². The van der Waals surface area contributed by atoms with Crippen molar-refractivity contribution in [2.45, 2.75) is 13.0 Å². The molecular weight excluding hydrogens is 154 g/mol. The molecule has 0 aliphatic carbocycles. The van der Waals surface area contributed by atoms with Crippen molar-refractivity contribution in [3.63, 3.8) is 0 Å². The SMILES string of the molecule is COCC(C)NS(C)(=O)=O. The first-order valence-electron chi connectivity index (χ1n) is 2.92. The van der Waals surface area contributed by atoms with E-state index in [1.54, 1.807) is 6.92 Å². The second kappa shape index (κ2) is 3.90. The summed E-state index contributed by atoms with van der Waals surface area (Å²) in [5.74, 6) is 0. The molecule has 0 saturated heterocycles. The van der Waals surface area contributed by atoms with Crippen molar-refractivity contribution in [3.05, 3.63) is 0 Å². The summed E-state index contributed by atoms with van der Waals surface area (Å²) in [5, 5.41) is 0. The number of ether oxygens (including phenoxy) is 1. The molecule has 0 aliphatic rings. The molecule has 0 rings (SSSR count). The minimum atomic E-state index is -3.08. The highest BCUT2D eigenvalue weighted by molar-refractivity contribution is 7.88. The fourth-order valence-electron chi connectivity index (χ4n) is 0.649. The zero-order valence-electron chi connectivity index (χ0n) is 6.42. The number of hydrogen-bond acceptors (Lipinski definition) is 3. The lowest BCUT2D eigenvalue weighted by Gasteiger charge is -2.09. The molecule has 0 spiro atoms.